The fourth-order valence-electron chi connectivity index (χ4n) is 3.56. The van der Waals surface area contributed by atoms with E-state index in [-0.39, 0.29) is 0 Å². The Morgan fingerprint density at radius 3 is 2.36 bits per heavy atom. The summed E-state index contributed by atoms with van der Waals surface area (Å²) >= 11 is 6.03. The lowest BCUT2D eigenvalue weighted by Gasteiger charge is -2.14. The fraction of sp³-hybridized carbons (Fsp3) is 0.208. The van der Waals surface area contributed by atoms with Crippen molar-refractivity contribution in [2.75, 3.05) is 6.61 Å². The fourth-order valence-corrected chi connectivity index (χ4v) is 3.69. The highest BCUT2D eigenvalue weighted by Gasteiger charge is 2.12. The molecule has 0 aliphatic rings. The molecule has 28 heavy (non-hydrogen) atoms. The molecular weight excluding hydrogens is 368 g/mol. The summed E-state index contributed by atoms with van der Waals surface area (Å²) in [6.45, 7) is 5.51. The molecule has 0 atom stereocenters. The third-order valence-electron chi connectivity index (χ3n) is 4.98. The number of rotatable bonds is 6. The normalized spacial score (nSPS) is 11.1. The van der Waals surface area contributed by atoms with Gasteiger partial charge in [0.05, 0.1) is 17.6 Å². The molecule has 4 heteroatoms. The molecule has 0 radical (unpaired) electrons. The Kier molecular flexibility index (Phi) is 5.36. The van der Waals surface area contributed by atoms with E-state index in [2.05, 4.69) is 66.9 Å². The highest BCUT2D eigenvalue weighted by molar-refractivity contribution is 6.30. The SMILES string of the molecule is Cc1cccc(C)c1OCCn1c(Cc2ccc(Cl)cc2)nc2ccccc21. The van der Waals surface area contributed by atoms with Crippen LogP contribution in [-0.4, -0.2) is 16.2 Å². The van der Waals surface area contributed by atoms with Gasteiger partial charge in [-0.25, -0.2) is 4.98 Å². The average molecular weight is 391 g/mol. The van der Waals surface area contributed by atoms with Gasteiger partial charge in [-0.2, -0.15) is 0 Å². The second-order valence-corrected chi connectivity index (χ2v) is 7.48. The number of aromatic nitrogens is 2. The van der Waals surface area contributed by atoms with Crippen LogP contribution in [0.3, 0.4) is 0 Å². The van der Waals surface area contributed by atoms with Crippen LogP contribution in [0, 0.1) is 13.8 Å². The number of para-hydroxylation sites is 3. The minimum Gasteiger partial charge on any atom is -0.491 e. The summed E-state index contributed by atoms with van der Waals surface area (Å²) in [5.41, 5.74) is 5.67. The van der Waals surface area contributed by atoms with E-state index in [9.17, 15) is 0 Å². The van der Waals surface area contributed by atoms with E-state index in [1.807, 2.05) is 18.2 Å². The number of fused-ring (bicyclic) bond motifs is 1. The molecule has 0 saturated carbocycles. The molecule has 3 nitrogen and oxygen atoms in total. The van der Waals surface area contributed by atoms with Crippen LogP contribution in [0.25, 0.3) is 11.0 Å². The summed E-state index contributed by atoms with van der Waals surface area (Å²) in [7, 11) is 0. The summed E-state index contributed by atoms with van der Waals surface area (Å²) in [6.07, 6.45) is 0.759. The molecular formula is C24H23ClN2O. The first-order valence-electron chi connectivity index (χ1n) is 9.49. The Hall–Kier alpha value is -2.78. The van der Waals surface area contributed by atoms with Crippen LogP contribution in [0.4, 0.5) is 0 Å². The van der Waals surface area contributed by atoms with Gasteiger partial charge < -0.3 is 9.30 Å². The summed E-state index contributed by atoms with van der Waals surface area (Å²) in [4.78, 5) is 4.87. The second-order valence-electron chi connectivity index (χ2n) is 7.04. The van der Waals surface area contributed by atoms with Crippen molar-refractivity contribution in [2.24, 2.45) is 0 Å². The molecule has 4 aromatic rings. The number of hydrogen-bond acceptors (Lipinski definition) is 2. The molecule has 142 valence electrons. The highest BCUT2D eigenvalue weighted by Crippen LogP contribution is 2.23. The predicted octanol–water partition coefficient (Wildman–Crippen LogP) is 5.98. The van der Waals surface area contributed by atoms with E-state index < -0.39 is 0 Å². The van der Waals surface area contributed by atoms with Gasteiger partial charge >= 0.3 is 0 Å². The van der Waals surface area contributed by atoms with Crippen molar-refractivity contribution in [3.63, 3.8) is 0 Å². The number of aryl methyl sites for hydroxylation is 2. The topological polar surface area (TPSA) is 27.1 Å². The lowest BCUT2D eigenvalue weighted by molar-refractivity contribution is 0.295. The van der Waals surface area contributed by atoms with Crippen LogP contribution in [0.2, 0.25) is 5.02 Å². The molecule has 0 aliphatic carbocycles. The van der Waals surface area contributed by atoms with Crippen LogP contribution in [0.1, 0.15) is 22.5 Å². The second kappa shape index (κ2) is 8.07. The predicted molar refractivity (Wildman–Crippen MR) is 115 cm³/mol. The van der Waals surface area contributed by atoms with E-state index >= 15 is 0 Å². The third kappa shape index (κ3) is 3.90. The van der Waals surface area contributed by atoms with Gasteiger partial charge in [-0.3, -0.25) is 0 Å². The first kappa shape index (κ1) is 18.6. The first-order valence-corrected chi connectivity index (χ1v) is 9.87. The van der Waals surface area contributed by atoms with Crippen LogP contribution in [0.5, 0.6) is 5.75 Å². The molecule has 1 aromatic heterocycles. The standard InChI is InChI=1S/C24H23ClN2O/c1-17-6-5-7-18(2)24(17)28-15-14-27-22-9-4-3-8-21(22)26-23(27)16-19-10-12-20(25)13-11-19/h3-13H,14-16H2,1-2H3. The van der Waals surface area contributed by atoms with Gasteiger partial charge in [0.2, 0.25) is 0 Å². The van der Waals surface area contributed by atoms with Gasteiger partial charge in [0.1, 0.15) is 18.2 Å². The number of benzene rings is 3. The van der Waals surface area contributed by atoms with E-state index in [0.717, 1.165) is 51.7 Å². The molecule has 0 N–H and O–H groups in total. The summed E-state index contributed by atoms with van der Waals surface area (Å²) in [6, 6.07) is 22.4. The van der Waals surface area contributed by atoms with Crippen molar-refractivity contribution in [1.29, 1.82) is 0 Å². The molecule has 1 heterocycles. The molecule has 0 unspecified atom stereocenters. The molecule has 0 amide bonds. The molecule has 0 aliphatic heterocycles. The molecule has 0 bridgehead atoms. The zero-order valence-electron chi connectivity index (χ0n) is 16.2. The van der Waals surface area contributed by atoms with Crippen LogP contribution < -0.4 is 4.74 Å². The molecule has 0 fully saturated rings. The lowest BCUT2D eigenvalue weighted by Crippen LogP contribution is -2.12. The van der Waals surface area contributed by atoms with Crippen molar-refractivity contribution in [3.05, 3.63) is 94.3 Å². The number of nitrogens with zero attached hydrogens (tertiary/aromatic N) is 2. The zero-order valence-corrected chi connectivity index (χ0v) is 16.9. The number of imidazole rings is 1. The molecule has 4 rings (SSSR count). The zero-order chi connectivity index (χ0) is 19.5. The van der Waals surface area contributed by atoms with E-state index in [4.69, 9.17) is 21.3 Å². The van der Waals surface area contributed by atoms with Gasteiger partial charge in [0.25, 0.3) is 0 Å². The van der Waals surface area contributed by atoms with E-state index in [1.54, 1.807) is 0 Å². The van der Waals surface area contributed by atoms with Crippen molar-refractivity contribution in [1.82, 2.24) is 9.55 Å². The molecule has 3 aromatic carbocycles. The lowest BCUT2D eigenvalue weighted by atomic mass is 10.1. The highest BCUT2D eigenvalue weighted by atomic mass is 35.5. The van der Waals surface area contributed by atoms with Crippen LogP contribution in [0.15, 0.2) is 66.7 Å². The van der Waals surface area contributed by atoms with Crippen molar-refractivity contribution in [2.45, 2.75) is 26.8 Å². The minimum absolute atomic E-state index is 0.597. The van der Waals surface area contributed by atoms with Crippen molar-refractivity contribution >= 4 is 22.6 Å². The van der Waals surface area contributed by atoms with Gasteiger partial charge in [0.15, 0.2) is 0 Å². The Bertz CT molecular complexity index is 1080. The quantitative estimate of drug-likeness (QED) is 0.405. The number of ether oxygens (including phenoxy) is 1. The summed E-state index contributed by atoms with van der Waals surface area (Å²) in [5.74, 6) is 2.01. The average Bonchev–Trinajstić information content (AvgIpc) is 3.03. The van der Waals surface area contributed by atoms with Crippen molar-refractivity contribution in [3.8, 4) is 5.75 Å². The van der Waals surface area contributed by atoms with Crippen LogP contribution in [-0.2, 0) is 13.0 Å². The smallest absolute Gasteiger partial charge is 0.125 e. The maximum absolute atomic E-state index is 6.14. The maximum Gasteiger partial charge on any atom is 0.125 e. The Balaban J connectivity index is 1.59. The van der Waals surface area contributed by atoms with Gasteiger partial charge in [-0.1, -0.05) is 54.1 Å². The summed E-state index contributed by atoms with van der Waals surface area (Å²) < 4.78 is 8.41. The van der Waals surface area contributed by atoms with E-state index in [0.29, 0.717) is 6.61 Å². The molecule has 0 spiro atoms. The minimum atomic E-state index is 0.597. The number of halogens is 1. The first-order chi connectivity index (χ1) is 13.6. The largest absolute Gasteiger partial charge is 0.491 e. The van der Waals surface area contributed by atoms with Gasteiger partial charge in [-0.05, 0) is 54.8 Å². The van der Waals surface area contributed by atoms with E-state index in [1.165, 1.54) is 5.56 Å². The maximum atomic E-state index is 6.14. The monoisotopic (exact) mass is 390 g/mol. The van der Waals surface area contributed by atoms with Crippen LogP contribution >= 0.6 is 11.6 Å². The van der Waals surface area contributed by atoms with Gasteiger partial charge in [0, 0.05) is 11.4 Å². The number of hydrogen-bond donors (Lipinski definition) is 0. The summed E-state index contributed by atoms with van der Waals surface area (Å²) in [5, 5.41) is 0.749. The Labute approximate surface area is 170 Å². The van der Waals surface area contributed by atoms with Crippen molar-refractivity contribution < 1.29 is 4.74 Å². The van der Waals surface area contributed by atoms with Gasteiger partial charge in [-0.15, -0.1) is 0 Å². The third-order valence-corrected chi connectivity index (χ3v) is 5.23. The Morgan fingerprint density at radius 2 is 1.61 bits per heavy atom. The Morgan fingerprint density at radius 1 is 0.893 bits per heavy atom. The molecule has 0 saturated heterocycles.